The zero-order valence-electron chi connectivity index (χ0n) is 26.6. The lowest BCUT2D eigenvalue weighted by molar-refractivity contribution is -0.156. The molecule has 236 valence electrons. The molecular weight excluding hydrogens is 568 g/mol. The van der Waals surface area contributed by atoms with Gasteiger partial charge in [0.1, 0.15) is 0 Å². The van der Waals surface area contributed by atoms with Crippen molar-refractivity contribution in [3.05, 3.63) is 144 Å². The molecule has 2 saturated carbocycles. The van der Waals surface area contributed by atoms with E-state index in [9.17, 15) is 9.59 Å². The van der Waals surface area contributed by atoms with Crippen molar-refractivity contribution in [3.8, 4) is 0 Å². The first kappa shape index (κ1) is 30.5. The Hall–Kier alpha value is -4.10. The van der Waals surface area contributed by atoms with Crippen molar-refractivity contribution in [2.24, 2.45) is 0 Å². The summed E-state index contributed by atoms with van der Waals surface area (Å²) in [5.41, 5.74) is 5.11. The van der Waals surface area contributed by atoms with E-state index in [-0.39, 0.29) is 11.8 Å². The molecule has 6 nitrogen and oxygen atoms in total. The van der Waals surface area contributed by atoms with E-state index in [2.05, 4.69) is 70.5 Å². The number of carbonyl (C=O) groups excluding carboxylic acids is 2. The number of hydrogen-bond donors (Lipinski definition) is 0. The average Bonchev–Trinajstić information content (AvgIpc) is 4.04. The smallest absolute Gasteiger partial charge is 0.244 e. The number of nitrogens with zero attached hydrogens (tertiary/aromatic N) is 4. The number of hydrogen-bond acceptors (Lipinski definition) is 5. The Labute approximate surface area is 273 Å². The number of rotatable bonds is 8. The van der Waals surface area contributed by atoms with Crippen molar-refractivity contribution in [3.63, 3.8) is 0 Å². The Kier molecular flexibility index (Phi) is 8.85. The van der Waals surface area contributed by atoms with E-state index < -0.39 is 5.54 Å². The first-order chi connectivity index (χ1) is 22.6. The number of piperazine rings is 2. The summed E-state index contributed by atoms with van der Waals surface area (Å²) < 4.78 is 0. The third-order valence-electron chi connectivity index (χ3n) is 10.2. The average molecular weight is 613 g/mol. The molecule has 0 spiro atoms. The molecule has 4 aliphatic rings. The molecule has 2 aliphatic heterocycles. The van der Waals surface area contributed by atoms with Gasteiger partial charge in [0, 0.05) is 44.8 Å². The maximum absolute atomic E-state index is 12.7. The van der Waals surface area contributed by atoms with Gasteiger partial charge in [-0.3, -0.25) is 29.2 Å². The molecule has 4 aromatic rings. The lowest BCUT2D eigenvalue weighted by atomic mass is 10.0. The second-order valence-electron chi connectivity index (χ2n) is 13.3. The van der Waals surface area contributed by atoms with Gasteiger partial charge in [-0.05, 0) is 47.9 Å². The minimum absolute atomic E-state index is 0.0801. The van der Waals surface area contributed by atoms with Gasteiger partial charge in [0.2, 0.25) is 11.8 Å². The van der Waals surface area contributed by atoms with E-state index in [1.807, 2.05) is 65.6 Å². The highest BCUT2D eigenvalue weighted by atomic mass is 16.2. The van der Waals surface area contributed by atoms with Crippen LogP contribution >= 0.6 is 0 Å². The Balaban J connectivity index is 0.000000147. The summed E-state index contributed by atoms with van der Waals surface area (Å²) in [7, 11) is 0. The maximum Gasteiger partial charge on any atom is 0.244 e. The highest BCUT2D eigenvalue weighted by Crippen LogP contribution is 2.52. The highest BCUT2D eigenvalue weighted by molar-refractivity contribution is 6.01. The van der Waals surface area contributed by atoms with Crippen molar-refractivity contribution < 1.29 is 9.59 Å². The summed E-state index contributed by atoms with van der Waals surface area (Å²) in [4.78, 5) is 34.2. The summed E-state index contributed by atoms with van der Waals surface area (Å²) >= 11 is 0. The second-order valence-corrected chi connectivity index (χ2v) is 13.3. The standard InChI is InChI=1S/C20H20N2O2.C20H24N2/c23-18-14-21(13-16-7-3-1-4-8-16)15-19(24)22(18)20(11-12-20)17-9-5-2-6-10-17;1-3-7-18(8-4-1)17-21-13-15-22(16-14-21)20(11-12-20)19-9-5-2-6-10-19/h1-10H,11-15H2;1-10H,11-17H2. The summed E-state index contributed by atoms with van der Waals surface area (Å²) in [5.74, 6) is -0.160. The third kappa shape index (κ3) is 6.57. The lowest BCUT2D eigenvalue weighted by Crippen LogP contribution is -2.57. The Bertz CT molecular complexity index is 1580. The molecule has 0 atom stereocenters. The molecule has 0 N–H and O–H groups in total. The summed E-state index contributed by atoms with van der Waals surface area (Å²) in [6.45, 7) is 7.08. The predicted molar refractivity (Wildman–Crippen MR) is 182 cm³/mol. The fourth-order valence-electron chi connectivity index (χ4n) is 7.49. The van der Waals surface area contributed by atoms with E-state index in [0.29, 0.717) is 25.2 Å². The summed E-state index contributed by atoms with van der Waals surface area (Å²) in [5, 5.41) is 0. The van der Waals surface area contributed by atoms with E-state index in [4.69, 9.17) is 0 Å². The van der Waals surface area contributed by atoms with Crippen LogP contribution < -0.4 is 0 Å². The monoisotopic (exact) mass is 612 g/mol. The minimum Gasteiger partial charge on any atom is -0.297 e. The van der Waals surface area contributed by atoms with Gasteiger partial charge in [-0.2, -0.15) is 0 Å². The normalized spacial score (nSPS) is 20.9. The molecule has 2 aliphatic carbocycles. The van der Waals surface area contributed by atoms with Gasteiger partial charge in [0.15, 0.2) is 0 Å². The van der Waals surface area contributed by atoms with Crippen LogP contribution in [0.25, 0.3) is 0 Å². The number of imide groups is 1. The third-order valence-corrected chi connectivity index (χ3v) is 10.2. The van der Waals surface area contributed by atoms with Crippen LogP contribution in [0, 0.1) is 0 Å². The molecule has 0 unspecified atom stereocenters. The molecule has 2 amide bonds. The molecule has 8 rings (SSSR count). The quantitative estimate of drug-likeness (QED) is 0.227. The molecule has 4 fully saturated rings. The van der Waals surface area contributed by atoms with Gasteiger partial charge in [-0.15, -0.1) is 0 Å². The minimum atomic E-state index is -0.395. The van der Waals surface area contributed by atoms with Crippen molar-refractivity contribution in [2.75, 3.05) is 39.3 Å². The van der Waals surface area contributed by atoms with Gasteiger partial charge in [0.05, 0.1) is 18.6 Å². The maximum atomic E-state index is 12.7. The van der Waals surface area contributed by atoms with Crippen LogP contribution in [0.3, 0.4) is 0 Å². The summed E-state index contributed by atoms with van der Waals surface area (Å²) in [6.07, 6.45) is 4.39. The van der Waals surface area contributed by atoms with E-state index in [1.54, 1.807) is 0 Å². The van der Waals surface area contributed by atoms with Crippen molar-refractivity contribution in [2.45, 2.75) is 49.9 Å². The first-order valence-electron chi connectivity index (χ1n) is 16.8. The van der Waals surface area contributed by atoms with Crippen LogP contribution in [-0.2, 0) is 33.8 Å². The Morgan fingerprint density at radius 2 is 0.848 bits per heavy atom. The van der Waals surface area contributed by atoms with Crippen LogP contribution in [-0.4, -0.2) is 70.7 Å². The van der Waals surface area contributed by atoms with Gasteiger partial charge in [-0.1, -0.05) is 121 Å². The van der Waals surface area contributed by atoms with Crippen LogP contribution in [0.15, 0.2) is 121 Å². The Morgan fingerprint density at radius 1 is 0.457 bits per heavy atom. The first-order valence-corrected chi connectivity index (χ1v) is 16.8. The molecule has 0 bridgehead atoms. The van der Waals surface area contributed by atoms with E-state index >= 15 is 0 Å². The topological polar surface area (TPSA) is 47.1 Å². The van der Waals surface area contributed by atoms with Crippen LogP contribution in [0.2, 0.25) is 0 Å². The largest absolute Gasteiger partial charge is 0.297 e. The molecule has 4 aromatic carbocycles. The van der Waals surface area contributed by atoms with Crippen molar-refractivity contribution in [1.82, 2.24) is 19.6 Å². The molecule has 2 heterocycles. The molecule has 46 heavy (non-hydrogen) atoms. The van der Waals surface area contributed by atoms with Crippen molar-refractivity contribution in [1.29, 1.82) is 0 Å². The molecule has 6 heteroatoms. The van der Waals surface area contributed by atoms with Gasteiger partial charge in [-0.25, -0.2) is 0 Å². The van der Waals surface area contributed by atoms with E-state index in [0.717, 1.165) is 30.5 Å². The zero-order valence-corrected chi connectivity index (χ0v) is 26.6. The predicted octanol–water partition coefficient (Wildman–Crippen LogP) is 6.04. The molecule has 0 radical (unpaired) electrons. The zero-order chi connectivity index (χ0) is 31.4. The fourth-order valence-corrected chi connectivity index (χ4v) is 7.49. The van der Waals surface area contributed by atoms with Crippen molar-refractivity contribution >= 4 is 11.8 Å². The molecule has 2 saturated heterocycles. The van der Waals surface area contributed by atoms with Crippen LogP contribution in [0.4, 0.5) is 0 Å². The second kappa shape index (κ2) is 13.3. The molecule has 0 aromatic heterocycles. The molecular formula is C40H44N4O2. The highest BCUT2D eigenvalue weighted by Gasteiger charge is 2.55. The number of amides is 2. The van der Waals surface area contributed by atoms with Crippen LogP contribution in [0.1, 0.15) is 47.9 Å². The van der Waals surface area contributed by atoms with Gasteiger partial charge < -0.3 is 0 Å². The number of carbonyl (C=O) groups is 2. The number of benzene rings is 4. The van der Waals surface area contributed by atoms with Gasteiger partial charge in [0.25, 0.3) is 0 Å². The van der Waals surface area contributed by atoms with Gasteiger partial charge >= 0.3 is 0 Å². The summed E-state index contributed by atoms with van der Waals surface area (Å²) in [6, 6.07) is 41.8. The Morgan fingerprint density at radius 3 is 1.28 bits per heavy atom. The van der Waals surface area contributed by atoms with E-state index in [1.165, 1.54) is 55.0 Å². The lowest BCUT2D eigenvalue weighted by Gasteiger charge is -2.40. The fraction of sp³-hybridized carbons (Fsp3) is 0.350. The SMILES string of the molecule is O=C1CN(Cc2ccccc2)CC(=O)N1C1(c2ccccc2)CC1.c1ccc(CN2CCN(C3(c4ccccc4)CC3)CC2)cc1. The van der Waals surface area contributed by atoms with Crippen LogP contribution in [0.5, 0.6) is 0 Å².